The van der Waals surface area contributed by atoms with E-state index in [4.69, 9.17) is 11.6 Å². The van der Waals surface area contributed by atoms with Gasteiger partial charge in [-0.05, 0) is 31.9 Å². The number of carbonyl (C=O) groups is 2. The van der Waals surface area contributed by atoms with Crippen molar-refractivity contribution in [3.63, 3.8) is 0 Å². The largest absolute Gasteiger partial charge is 0.342 e. The van der Waals surface area contributed by atoms with Crippen molar-refractivity contribution >= 4 is 29.1 Å². The molecular formula is C18H22ClN5O2. The SMILES string of the molecule is CCN(C(=O)C1CCCN(C(C)=O)C1)c1cn(-c2cccnc2)nc1Cl. The highest BCUT2D eigenvalue weighted by Crippen LogP contribution is 2.29. The Morgan fingerprint density at radius 1 is 1.42 bits per heavy atom. The van der Waals surface area contributed by atoms with Crippen LogP contribution in [0.1, 0.15) is 26.7 Å². The fourth-order valence-electron chi connectivity index (χ4n) is 3.28. The molecule has 0 aliphatic carbocycles. The molecule has 1 unspecified atom stereocenters. The van der Waals surface area contributed by atoms with Crippen molar-refractivity contribution in [3.05, 3.63) is 35.9 Å². The van der Waals surface area contributed by atoms with Crippen LogP contribution in [0.25, 0.3) is 5.69 Å². The van der Waals surface area contributed by atoms with E-state index in [-0.39, 0.29) is 22.9 Å². The molecule has 26 heavy (non-hydrogen) atoms. The van der Waals surface area contributed by atoms with Crippen molar-refractivity contribution in [1.82, 2.24) is 19.7 Å². The number of halogens is 1. The van der Waals surface area contributed by atoms with Gasteiger partial charge in [0.25, 0.3) is 0 Å². The molecule has 1 fully saturated rings. The van der Waals surface area contributed by atoms with Gasteiger partial charge in [0, 0.05) is 32.8 Å². The quantitative estimate of drug-likeness (QED) is 0.823. The molecule has 1 atom stereocenters. The van der Waals surface area contributed by atoms with Crippen molar-refractivity contribution < 1.29 is 9.59 Å². The minimum atomic E-state index is -0.217. The highest BCUT2D eigenvalue weighted by Gasteiger charge is 2.31. The lowest BCUT2D eigenvalue weighted by molar-refractivity contribution is -0.133. The average Bonchev–Trinajstić information content (AvgIpc) is 3.04. The molecule has 2 aromatic heterocycles. The summed E-state index contributed by atoms with van der Waals surface area (Å²) in [6, 6.07) is 3.68. The van der Waals surface area contributed by atoms with Crippen LogP contribution < -0.4 is 4.90 Å². The van der Waals surface area contributed by atoms with E-state index >= 15 is 0 Å². The van der Waals surface area contributed by atoms with E-state index in [1.54, 1.807) is 40.0 Å². The predicted octanol–water partition coefficient (Wildman–Crippen LogP) is 2.53. The van der Waals surface area contributed by atoms with Crippen LogP contribution in [0.4, 0.5) is 5.69 Å². The highest BCUT2D eigenvalue weighted by molar-refractivity contribution is 6.32. The molecule has 0 aromatic carbocycles. The van der Waals surface area contributed by atoms with Crippen molar-refractivity contribution in [2.75, 3.05) is 24.5 Å². The molecule has 0 bridgehead atoms. The Labute approximate surface area is 157 Å². The van der Waals surface area contributed by atoms with E-state index in [1.807, 2.05) is 19.1 Å². The summed E-state index contributed by atoms with van der Waals surface area (Å²) >= 11 is 6.32. The third-order valence-electron chi connectivity index (χ3n) is 4.65. The molecular weight excluding hydrogens is 354 g/mol. The third-order valence-corrected chi connectivity index (χ3v) is 4.92. The molecule has 1 saturated heterocycles. The summed E-state index contributed by atoms with van der Waals surface area (Å²) in [5, 5.41) is 4.57. The summed E-state index contributed by atoms with van der Waals surface area (Å²) in [6.45, 7) is 5.10. The number of pyridine rings is 1. The van der Waals surface area contributed by atoms with Gasteiger partial charge >= 0.3 is 0 Å². The first kappa shape index (κ1) is 18.4. The maximum absolute atomic E-state index is 13.1. The lowest BCUT2D eigenvalue weighted by atomic mass is 9.96. The van der Waals surface area contributed by atoms with E-state index in [0.29, 0.717) is 25.3 Å². The lowest BCUT2D eigenvalue weighted by Gasteiger charge is -2.34. The summed E-state index contributed by atoms with van der Waals surface area (Å²) in [6.07, 6.45) is 6.70. The molecule has 138 valence electrons. The van der Waals surface area contributed by atoms with Gasteiger partial charge < -0.3 is 9.80 Å². The van der Waals surface area contributed by atoms with E-state index in [1.165, 1.54) is 0 Å². The number of piperidine rings is 1. The van der Waals surface area contributed by atoms with Crippen LogP contribution in [0.3, 0.4) is 0 Å². The average molecular weight is 376 g/mol. The molecule has 7 nitrogen and oxygen atoms in total. The molecule has 1 aliphatic heterocycles. The number of likely N-dealkylation sites (tertiary alicyclic amines) is 1. The number of hydrogen-bond acceptors (Lipinski definition) is 4. The zero-order chi connectivity index (χ0) is 18.7. The molecule has 2 aromatic rings. The number of rotatable bonds is 4. The van der Waals surface area contributed by atoms with Crippen molar-refractivity contribution in [3.8, 4) is 5.69 Å². The van der Waals surface area contributed by atoms with Crippen LogP contribution in [0.5, 0.6) is 0 Å². The summed E-state index contributed by atoms with van der Waals surface area (Å²) < 4.78 is 1.61. The second-order valence-corrected chi connectivity index (χ2v) is 6.71. The van der Waals surface area contributed by atoms with Gasteiger partial charge in [-0.2, -0.15) is 5.10 Å². The number of anilines is 1. The second-order valence-electron chi connectivity index (χ2n) is 6.35. The van der Waals surface area contributed by atoms with Crippen molar-refractivity contribution in [2.24, 2.45) is 5.92 Å². The molecule has 2 amide bonds. The first-order chi connectivity index (χ1) is 12.5. The zero-order valence-corrected chi connectivity index (χ0v) is 15.7. The van der Waals surface area contributed by atoms with Crippen molar-refractivity contribution in [2.45, 2.75) is 26.7 Å². The lowest BCUT2D eigenvalue weighted by Crippen LogP contribution is -2.46. The second kappa shape index (κ2) is 7.86. The third kappa shape index (κ3) is 3.72. The molecule has 1 aliphatic rings. The highest BCUT2D eigenvalue weighted by atomic mass is 35.5. The molecule has 8 heteroatoms. The minimum absolute atomic E-state index is 0.00739. The van der Waals surface area contributed by atoms with Gasteiger partial charge in [0.1, 0.15) is 5.69 Å². The molecule has 0 saturated carbocycles. The number of aromatic nitrogens is 3. The topological polar surface area (TPSA) is 71.3 Å². The van der Waals surface area contributed by atoms with Gasteiger partial charge in [-0.3, -0.25) is 14.6 Å². The Hall–Kier alpha value is -2.41. The molecule has 0 radical (unpaired) electrons. The van der Waals surface area contributed by atoms with Crippen LogP contribution in [0, 0.1) is 5.92 Å². The molecule has 0 spiro atoms. The number of carbonyl (C=O) groups excluding carboxylic acids is 2. The zero-order valence-electron chi connectivity index (χ0n) is 14.9. The van der Waals surface area contributed by atoms with E-state index < -0.39 is 0 Å². The van der Waals surface area contributed by atoms with Crippen LogP contribution in [-0.4, -0.2) is 51.1 Å². The van der Waals surface area contributed by atoms with E-state index in [2.05, 4.69) is 10.1 Å². The normalized spacial score (nSPS) is 17.2. The Morgan fingerprint density at radius 3 is 2.88 bits per heavy atom. The fourth-order valence-corrected chi connectivity index (χ4v) is 3.51. The van der Waals surface area contributed by atoms with Gasteiger partial charge in [0.2, 0.25) is 11.8 Å². The van der Waals surface area contributed by atoms with Gasteiger partial charge in [0.05, 0.1) is 24.0 Å². The first-order valence-electron chi connectivity index (χ1n) is 8.73. The van der Waals surface area contributed by atoms with Gasteiger partial charge in [-0.25, -0.2) is 4.68 Å². The standard InChI is InChI=1S/C18H22ClN5O2/c1-3-23(18(26)14-6-5-9-22(11-14)13(2)25)16-12-24(21-17(16)19)15-7-4-8-20-10-15/h4,7-8,10,12,14H,3,5-6,9,11H2,1-2H3. The van der Waals surface area contributed by atoms with Gasteiger partial charge in [-0.15, -0.1) is 0 Å². The maximum Gasteiger partial charge on any atom is 0.232 e. The minimum Gasteiger partial charge on any atom is -0.342 e. The van der Waals surface area contributed by atoms with Crippen LogP contribution in [0.2, 0.25) is 5.15 Å². The van der Waals surface area contributed by atoms with E-state index in [9.17, 15) is 9.59 Å². The Morgan fingerprint density at radius 2 is 2.23 bits per heavy atom. The summed E-state index contributed by atoms with van der Waals surface area (Å²) in [5.74, 6) is -0.232. The fraction of sp³-hybridized carbons (Fsp3) is 0.444. The van der Waals surface area contributed by atoms with E-state index in [0.717, 1.165) is 18.5 Å². The van der Waals surface area contributed by atoms with Crippen LogP contribution in [0.15, 0.2) is 30.7 Å². The molecule has 0 N–H and O–H groups in total. The monoisotopic (exact) mass is 375 g/mol. The number of hydrogen-bond donors (Lipinski definition) is 0. The predicted molar refractivity (Wildman–Crippen MR) is 99.4 cm³/mol. The molecule has 3 rings (SSSR count). The summed E-state index contributed by atoms with van der Waals surface area (Å²) in [7, 11) is 0. The number of amides is 2. The van der Waals surface area contributed by atoms with Crippen molar-refractivity contribution in [1.29, 1.82) is 0 Å². The van der Waals surface area contributed by atoms with Gasteiger partial charge in [0.15, 0.2) is 5.15 Å². The maximum atomic E-state index is 13.1. The van der Waals surface area contributed by atoms with Crippen LogP contribution in [-0.2, 0) is 9.59 Å². The Balaban J connectivity index is 1.83. The Kier molecular flexibility index (Phi) is 5.56. The Bertz CT molecular complexity index is 792. The smallest absolute Gasteiger partial charge is 0.232 e. The first-order valence-corrected chi connectivity index (χ1v) is 9.11. The van der Waals surface area contributed by atoms with Gasteiger partial charge in [-0.1, -0.05) is 11.6 Å². The number of nitrogens with zero attached hydrogens (tertiary/aromatic N) is 5. The van der Waals surface area contributed by atoms with Crippen LogP contribution >= 0.6 is 11.6 Å². The summed E-state index contributed by atoms with van der Waals surface area (Å²) in [4.78, 5) is 32.2. The molecule has 3 heterocycles. The summed E-state index contributed by atoms with van der Waals surface area (Å²) in [5.41, 5.74) is 1.34.